The van der Waals surface area contributed by atoms with Crippen LogP contribution in [0.25, 0.3) is 0 Å². The number of anilines is 1. The van der Waals surface area contributed by atoms with Crippen LogP contribution in [0.1, 0.15) is 24.5 Å². The Morgan fingerprint density at radius 1 is 1.29 bits per heavy atom. The maximum atomic E-state index is 3.52. The maximum Gasteiger partial charge on any atom is 0.0399 e. The van der Waals surface area contributed by atoms with E-state index in [1.165, 1.54) is 23.2 Å². The Morgan fingerprint density at radius 2 is 1.86 bits per heavy atom. The number of para-hydroxylation sites is 1. The van der Waals surface area contributed by atoms with Crippen molar-refractivity contribution in [2.75, 3.05) is 11.9 Å². The lowest BCUT2D eigenvalue weighted by atomic mass is 10.1. The van der Waals surface area contributed by atoms with E-state index in [-0.39, 0.29) is 0 Å². The van der Waals surface area contributed by atoms with Crippen LogP contribution in [-0.4, -0.2) is 10.5 Å². The lowest BCUT2D eigenvalue weighted by molar-refractivity contribution is 0.882. The number of hydrogen-bond acceptors (Lipinski definition) is 1. The third kappa shape index (κ3) is 3.15. The second-order valence-electron chi connectivity index (χ2n) is 3.65. The van der Waals surface area contributed by atoms with Crippen LogP contribution < -0.4 is 5.32 Å². The van der Waals surface area contributed by atoms with Gasteiger partial charge < -0.3 is 5.32 Å². The highest BCUT2D eigenvalue weighted by atomic mass is 127. The minimum Gasteiger partial charge on any atom is -0.384 e. The van der Waals surface area contributed by atoms with E-state index >= 15 is 0 Å². The molecule has 1 aromatic carbocycles. The summed E-state index contributed by atoms with van der Waals surface area (Å²) in [6.07, 6.45) is 1.22. The van der Waals surface area contributed by atoms with Gasteiger partial charge in [-0.15, -0.1) is 0 Å². The Kier molecular flexibility index (Phi) is 4.72. The van der Waals surface area contributed by atoms with Crippen LogP contribution in [0.3, 0.4) is 0 Å². The zero-order chi connectivity index (χ0) is 10.6. The first-order chi connectivity index (χ1) is 6.65. The fourth-order valence-corrected chi connectivity index (χ4v) is 1.67. The molecule has 0 bridgehead atoms. The fourth-order valence-electron chi connectivity index (χ4n) is 1.45. The van der Waals surface area contributed by atoms with Crippen LogP contribution in [0.15, 0.2) is 18.2 Å². The summed E-state index contributed by atoms with van der Waals surface area (Å²) < 4.78 is 0.714. The monoisotopic (exact) mass is 303 g/mol. The van der Waals surface area contributed by atoms with Crippen molar-refractivity contribution in [3.05, 3.63) is 29.3 Å². The molecule has 1 unspecified atom stereocenters. The van der Waals surface area contributed by atoms with E-state index in [1.807, 2.05) is 0 Å². The Hall–Kier alpha value is -0.250. The van der Waals surface area contributed by atoms with E-state index in [4.69, 9.17) is 0 Å². The van der Waals surface area contributed by atoms with Crippen LogP contribution in [-0.2, 0) is 0 Å². The second-order valence-corrected chi connectivity index (χ2v) is 5.41. The van der Waals surface area contributed by atoms with E-state index in [9.17, 15) is 0 Å². The number of aryl methyl sites for hydroxylation is 2. The molecule has 0 aliphatic rings. The minimum atomic E-state index is 0.714. The van der Waals surface area contributed by atoms with Gasteiger partial charge in [-0.05, 0) is 31.4 Å². The van der Waals surface area contributed by atoms with Gasteiger partial charge in [-0.1, -0.05) is 47.7 Å². The number of halogens is 1. The van der Waals surface area contributed by atoms with Crippen LogP contribution >= 0.6 is 22.6 Å². The summed E-state index contributed by atoms with van der Waals surface area (Å²) in [6.45, 7) is 7.60. The van der Waals surface area contributed by atoms with E-state index in [0.29, 0.717) is 3.92 Å². The van der Waals surface area contributed by atoms with Crippen molar-refractivity contribution < 1.29 is 0 Å². The molecule has 0 radical (unpaired) electrons. The molecule has 1 rings (SSSR count). The van der Waals surface area contributed by atoms with Gasteiger partial charge in [-0.25, -0.2) is 0 Å². The average Bonchev–Trinajstić information content (AvgIpc) is 2.16. The van der Waals surface area contributed by atoms with Crippen molar-refractivity contribution in [2.45, 2.75) is 31.1 Å². The second kappa shape index (κ2) is 5.59. The highest BCUT2D eigenvalue weighted by Gasteiger charge is 2.04. The summed E-state index contributed by atoms with van der Waals surface area (Å²) in [7, 11) is 0. The van der Waals surface area contributed by atoms with Crippen molar-refractivity contribution in [1.29, 1.82) is 0 Å². The molecule has 0 spiro atoms. The van der Waals surface area contributed by atoms with Gasteiger partial charge in [0.05, 0.1) is 0 Å². The molecule has 1 aromatic rings. The molecule has 0 aliphatic carbocycles. The van der Waals surface area contributed by atoms with Gasteiger partial charge in [-0.3, -0.25) is 0 Å². The molecule has 0 aliphatic heterocycles. The van der Waals surface area contributed by atoms with Gasteiger partial charge in [-0.2, -0.15) is 0 Å². The predicted octanol–water partition coefficient (Wildman–Crippen LogP) is 3.93. The first-order valence-corrected chi connectivity index (χ1v) is 6.34. The zero-order valence-corrected chi connectivity index (χ0v) is 11.3. The topological polar surface area (TPSA) is 12.0 Å². The molecule has 1 atom stereocenters. The fraction of sp³-hybridized carbons (Fsp3) is 0.500. The molecule has 1 nitrogen and oxygen atoms in total. The molecule has 0 saturated heterocycles. The summed E-state index contributed by atoms with van der Waals surface area (Å²) in [5.74, 6) is 0. The van der Waals surface area contributed by atoms with Crippen molar-refractivity contribution in [3.63, 3.8) is 0 Å². The number of alkyl halides is 1. The Morgan fingerprint density at radius 3 is 2.36 bits per heavy atom. The summed E-state index contributed by atoms with van der Waals surface area (Å²) in [4.78, 5) is 0. The van der Waals surface area contributed by atoms with Crippen molar-refractivity contribution >= 4 is 28.3 Å². The lowest BCUT2D eigenvalue weighted by Gasteiger charge is -2.14. The Bertz CT molecular complexity index is 276. The van der Waals surface area contributed by atoms with Gasteiger partial charge in [0.25, 0.3) is 0 Å². The third-order valence-corrected chi connectivity index (χ3v) is 3.75. The average molecular weight is 303 g/mol. The summed E-state index contributed by atoms with van der Waals surface area (Å²) in [5, 5.41) is 3.52. The summed E-state index contributed by atoms with van der Waals surface area (Å²) in [6, 6.07) is 6.42. The largest absolute Gasteiger partial charge is 0.384 e. The standard InChI is InChI=1S/C12H18IN/c1-4-11(13)8-14-12-9(2)6-5-7-10(12)3/h5-7,11,14H,4,8H2,1-3H3. The molecule has 1 N–H and O–H groups in total. The number of hydrogen-bond donors (Lipinski definition) is 1. The molecule has 0 saturated carbocycles. The smallest absolute Gasteiger partial charge is 0.0399 e. The highest BCUT2D eigenvalue weighted by molar-refractivity contribution is 14.1. The van der Waals surface area contributed by atoms with Crippen molar-refractivity contribution in [3.8, 4) is 0 Å². The third-order valence-electron chi connectivity index (χ3n) is 2.42. The van der Waals surface area contributed by atoms with Gasteiger partial charge in [0.15, 0.2) is 0 Å². The molecule has 0 fully saturated rings. The quantitative estimate of drug-likeness (QED) is 0.656. The maximum absolute atomic E-state index is 3.52. The molecule has 14 heavy (non-hydrogen) atoms. The molecular weight excluding hydrogens is 285 g/mol. The molecule has 2 heteroatoms. The van der Waals surface area contributed by atoms with Gasteiger partial charge >= 0.3 is 0 Å². The number of rotatable bonds is 4. The van der Waals surface area contributed by atoms with Crippen molar-refractivity contribution in [1.82, 2.24) is 0 Å². The van der Waals surface area contributed by atoms with E-state index in [1.54, 1.807) is 0 Å². The number of benzene rings is 1. The number of nitrogens with one attached hydrogen (secondary N) is 1. The molecule has 0 amide bonds. The molecular formula is C12H18IN. The van der Waals surface area contributed by atoms with E-state index < -0.39 is 0 Å². The minimum absolute atomic E-state index is 0.714. The first-order valence-electron chi connectivity index (χ1n) is 5.09. The first kappa shape index (κ1) is 11.8. The molecule has 0 heterocycles. The predicted molar refractivity (Wildman–Crippen MR) is 72.5 cm³/mol. The Balaban J connectivity index is 2.66. The van der Waals surface area contributed by atoms with Gasteiger partial charge in [0, 0.05) is 16.2 Å². The normalized spacial score (nSPS) is 12.6. The summed E-state index contributed by atoms with van der Waals surface area (Å²) >= 11 is 2.49. The van der Waals surface area contributed by atoms with Gasteiger partial charge in [0.1, 0.15) is 0 Å². The Labute approximate surface area is 100 Å². The van der Waals surface area contributed by atoms with Crippen LogP contribution in [0, 0.1) is 13.8 Å². The van der Waals surface area contributed by atoms with Crippen molar-refractivity contribution in [2.24, 2.45) is 0 Å². The SMILES string of the molecule is CCC(I)CNc1c(C)cccc1C. The lowest BCUT2D eigenvalue weighted by Crippen LogP contribution is -2.13. The summed E-state index contributed by atoms with van der Waals surface area (Å²) in [5.41, 5.74) is 3.98. The van der Waals surface area contributed by atoms with Crippen LogP contribution in [0.5, 0.6) is 0 Å². The zero-order valence-electron chi connectivity index (χ0n) is 9.10. The van der Waals surface area contributed by atoms with Crippen LogP contribution in [0.2, 0.25) is 0 Å². The van der Waals surface area contributed by atoms with E-state index in [2.05, 4.69) is 66.9 Å². The molecule has 78 valence electrons. The van der Waals surface area contributed by atoms with E-state index in [0.717, 1.165) is 6.54 Å². The van der Waals surface area contributed by atoms with Crippen LogP contribution in [0.4, 0.5) is 5.69 Å². The molecule has 0 aromatic heterocycles. The highest BCUT2D eigenvalue weighted by Crippen LogP contribution is 2.20. The van der Waals surface area contributed by atoms with Gasteiger partial charge in [0.2, 0.25) is 0 Å².